The highest BCUT2D eigenvalue weighted by Crippen LogP contribution is 2.14. The second kappa shape index (κ2) is 7.45. The van der Waals surface area contributed by atoms with Crippen molar-refractivity contribution < 1.29 is 9.18 Å². The smallest absolute Gasteiger partial charge is 0.263 e. The van der Waals surface area contributed by atoms with Gasteiger partial charge in [0.05, 0.1) is 17.8 Å². The molecule has 2 aromatic carbocycles. The maximum Gasteiger partial charge on any atom is 0.263 e. The number of carbonyl (C=O) groups is 1. The van der Waals surface area contributed by atoms with Crippen LogP contribution in [0, 0.1) is 17.1 Å². The lowest BCUT2D eigenvalue weighted by atomic mass is 10.1. The molecule has 0 saturated heterocycles. The number of carbonyl (C=O) groups excluding carboxylic acids is 1. The zero-order valence-corrected chi connectivity index (χ0v) is 13.6. The largest absolute Gasteiger partial charge is 0.321 e. The van der Waals surface area contributed by atoms with Crippen molar-refractivity contribution in [3.8, 4) is 6.07 Å². The maximum absolute atomic E-state index is 13.3. The number of anilines is 1. The number of pyridine rings is 1. The predicted molar refractivity (Wildman–Crippen MR) is 95.3 cm³/mol. The third-order valence-corrected chi connectivity index (χ3v) is 3.80. The second-order valence-electron chi connectivity index (χ2n) is 5.60. The Labute approximate surface area is 149 Å². The van der Waals surface area contributed by atoms with Crippen LogP contribution in [-0.2, 0) is 6.54 Å². The summed E-state index contributed by atoms with van der Waals surface area (Å²) in [7, 11) is 0. The molecule has 128 valence electrons. The highest BCUT2D eigenvalue weighted by Gasteiger charge is 2.14. The van der Waals surface area contributed by atoms with E-state index in [4.69, 9.17) is 5.26 Å². The Kier molecular flexibility index (Phi) is 4.90. The van der Waals surface area contributed by atoms with Crippen molar-refractivity contribution in [2.24, 2.45) is 0 Å². The van der Waals surface area contributed by atoms with Crippen molar-refractivity contribution in [3.63, 3.8) is 0 Å². The Balaban J connectivity index is 1.88. The summed E-state index contributed by atoms with van der Waals surface area (Å²) in [4.78, 5) is 25.1. The zero-order chi connectivity index (χ0) is 18.5. The van der Waals surface area contributed by atoms with E-state index in [1.165, 1.54) is 29.0 Å². The summed E-state index contributed by atoms with van der Waals surface area (Å²) in [6, 6.07) is 17.4. The number of benzene rings is 2. The van der Waals surface area contributed by atoms with E-state index >= 15 is 0 Å². The van der Waals surface area contributed by atoms with Gasteiger partial charge in [-0.05, 0) is 42.0 Å². The molecule has 0 fully saturated rings. The molecule has 0 radical (unpaired) electrons. The van der Waals surface area contributed by atoms with Crippen LogP contribution in [0.15, 0.2) is 71.7 Å². The molecule has 0 aliphatic heterocycles. The number of nitriles is 1. The Morgan fingerprint density at radius 1 is 1.12 bits per heavy atom. The minimum Gasteiger partial charge on any atom is -0.321 e. The number of nitrogens with one attached hydrogen (secondary N) is 1. The molecule has 0 aliphatic rings. The minimum atomic E-state index is -0.605. The SMILES string of the molecule is N#Cc1ccccc1NC(=O)c1cccn(Cc2cccc(F)c2)c1=O. The quantitative estimate of drug-likeness (QED) is 0.788. The van der Waals surface area contributed by atoms with Crippen LogP contribution < -0.4 is 10.9 Å². The van der Waals surface area contributed by atoms with Gasteiger partial charge >= 0.3 is 0 Å². The number of hydrogen-bond donors (Lipinski definition) is 1. The zero-order valence-electron chi connectivity index (χ0n) is 13.6. The lowest BCUT2D eigenvalue weighted by molar-refractivity contribution is 0.102. The average Bonchev–Trinajstić information content (AvgIpc) is 2.64. The number of para-hydroxylation sites is 1. The van der Waals surface area contributed by atoms with E-state index in [1.54, 1.807) is 42.5 Å². The molecule has 1 amide bonds. The van der Waals surface area contributed by atoms with Gasteiger partial charge in [0.15, 0.2) is 0 Å². The van der Waals surface area contributed by atoms with E-state index in [-0.39, 0.29) is 12.1 Å². The number of nitrogens with zero attached hydrogens (tertiary/aromatic N) is 2. The summed E-state index contributed by atoms with van der Waals surface area (Å²) >= 11 is 0. The molecule has 0 unspecified atom stereocenters. The van der Waals surface area contributed by atoms with Crippen molar-refractivity contribution in [1.29, 1.82) is 5.26 Å². The summed E-state index contributed by atoms with van der Waals surface area (Å²) in [6.45, 7) is 0.145. The number of hydrogen-bond acceptors (Lipinski definition) is 3. The topological polar surface area (TPSA) is 74.9 Å². The summed E-state index contributed by atoms with van der Waals surface area (Å²) < 4.78 is 14.6. The minimum absolute atomic E-state index is 0.0587. The van der Waals surface area contributed by atoms with E-state index in [0.717, 1.165) is 0 Å². The molecule has 1 N–H and O–H groups in total. The molecule has 6 heteroatoms. The normalized spacial score (nSPS) is 10.2. The van der Waals surface area contributed by atoms with Gasteiger partial charge in [-0.1, -0.05) is 24.3 Å². The lowest BCUT2D eigenvalue weighted by Gasteiger charge is -2.10. The van der Waals surface area contributed by atoms with Crippen LogP contribution in [0.2, 0.25) is 0 Å². The van der Waals surface area contributed by atoms with Crippen molar-refractivity contribution in [2.45, 2.75) is 6.54 Å². The first kappa shape index (κ1) is 17.1. The van der Waals surface area contributed by atoms with Gasteiger partial charge in [-0.2, -0.15) is 5.26 Å². The maximum atomic E-state index is 13.3. The Bertz CT molecular complexity index is 1070. The van der Waals surface area contributed by atoms with Crippen molar-refractivity contribution in [3.05, 3.63) is 99.7 Å². The van der Waals surface area contributed by atoms with Crippen LogP contribution in [0.25, 0.3) is 0 Å². The molecule has 1 heterocycles. The number of rotatable bonds is 4. The molecule has 1 aromatic heterocycles. The highest BCUT2D eigenvalue weighted by atomic mass is 19.1. The van der Waals surface area contributed by atoms with Crippen LogP contribution in [0.5, 0.6) is 0 Å². The van der Waals surface area contributed by atoms with Gasteiger partial charge in [-0.15, -0.1) is 0 Å². The van der Waals surface area contributed by atoms with Crippen molar-refractivity contribution >= 4 is 11.6 Å². The molecule has 5 nitrogen and oxygen atoms in total. The van der Waals surface area contributed by atoms with Crippen LogP contribution >= 0.6 is 0 Å². The fourth-order valence-electron chi connectivity index (χ4n) is 2.55. The van der Waals surface area contributed by atoms with E-state index in [1.807, 2.05) is 6.07 Å². The van der Waals surface area contributed by atoms with Crippen LogP contribution in [0.3, 0.4) is 0 Å². The Hall–Kier alpha value is -3.72. The van der Waals surface area contributed by atoms with Gasteiger partial charge in [0.1, 0.15) is 17.4 Å². The lowest BCUT2D eigenvalue weighted by Crippen LogP contribution is -2.29. The average molecular weight is 347 g/mol. The summed E-state index contributed by atoms with van der Waals surface area (Å²) in [6.07, 6.45) is 1.53. The third-order valence-electron chi connectivity index (χ3n) is 3.80. The summed E-state index contributed by atoms with van der Waals surface area (Å²) in [5.74, 6) is -0.996. The van der Waals surface area contributed by atoms with E-state index < -0.39 is 17.3 Å². The molecule has 3 aromatic rings. The van der Waals surface area contributed by atoms with E-state index in [0.29, 0.717) is 16.8 Å². The predicted octanol–water partition coefficient (Wildman–Crippen LogP) is 3.16. The van der Waals surface area contributed by atoms with Crippen LogP contribution in [-0.4, -0.2) is 10.5 Å². The van der Waals surface area contributed by atoms with Gasteiger partial charge in [-0.25, -0.2) is 4.39 Å². The van der Waals surface area contributed by atoms with Crippen molar-refractivity contribution in [1.82, 2.24) is 4.57 Å². The molecule has 3 rings (SSSR count). The van der Waals surface area contributed by atoms with Gasteiger partial charge in [0, 0.05) is 6.20 Å². The Morgan fingerprint density at radius 2 is 1.92 bits per heavy atom. The van der Waals surface area contributed by atoms with Crippen LogP contribution in [0.4, 0.5) is 10.1 Å². The standard InChI is InChI=1S/C20H14FN3O2/c21-16-7-3-5-14(11-16)13-24-10-4-8-17(20(24)26)19(25)23-18-9-2-1-6-15(18)12-22/h1-11H,13H2,(H,23,25). The first-order valence-corrected chi connectivity index (χ1v) is 7.83. The first-order valence-electron chi connectivity index (χ1n) is 7.83. The number of aromatic nitrogens is 1. The molecule has 0 spiro atoms. The fraction of sp³-hybridized carbons (Fsp3) is 0.0500. The molecule has 0 saturated carbocycles. The fourth-order valence-corrected chi connectivity index (χ4v) is 2.55. The number of halogens is 1. The Morgan fingerprint density at radius 3 is 2.69 bits per heavy atom. The molecule has 0 atom stereocenters. The van der Waals surface area contributed by atoms with Gasteiger partial charge in [0.25, 0.3) is 11.5 Å². The highest BCUT2D eigenvalue weighted by molar-refractivity contribution is 6.04. The molecular formula is C20H14FN3O2. The van der Waals surface area contributed by atoms with E-state index in [2.05, 4.69) is 5.32 Å². The van der Waals surface area contributed by atoms with E-state index in [9.17, 15) is 14.0 Å². The summed E-state index contributed by atoms with van der Waals surface area (Å²) in [5, 5.41) is 11.7. The van der Waals surface area contributed by atoms with Crippen LogP contribution in [0.1, 0.15) is 21.5 Å². The molecule has 0 bridgehead atoms. The first-order chi connectivity index (χ1) is 12.6. The third kappa shape index (κ3) is 3.68. The van der Waals surface area contributed by atoms with Gasteiger partial charge in [-0.3, -0.25) is 9.59 Å². The monoisotopic (exact) mass is 347 g/mol. The van der Waals surface area contributed by atoms with Gasteiger partial charge in [0.2, 0.25) is 0 Å². The summed E-state index contributed by atoms with van der Waals surface area (Å²) in [5.41, 5.74) is 0.691. The van der Waals surface area contributed by atoms with Crippen molar-refractivity contribution in [2.75, 3.05) is 5.32 Å². The molecule has 0 aliphatic carbocycles. The number of amides is 1. The molecule has 26 heavy (non-hydrogen) atoms. The second-order valence-corrected chi connectivity index (χ2v) is 5.60. The molecular weight excluding hydrogens is 333 g/mol. The van der Waals surface area contributed by atoms with Gasteiger partial charge < -0.3 is 9.88 Å².